The largest absolute Gasteiger partial charge is 0.480 e. The predicted octanol–water partition coefficient (Wildman–Crippen LogP) is 3.55. The predicted molar refractivity (Wildman–Crippen MR) is 127 cm³/mol. The summed E-state index contributed by atoms with van der Waals surface area (Å²) in [6, 6.07) is 15.9. The average molecular weight is 465 g/mol. The summed E-state index contributed by atoms with van der Waals surface area (Å²) in [7, 11) is 0. The minimum atomic E-state index is -0.638. The van der Waals surface area contributed by atoms with Crippen molar-refractivity contribution in [2.45, 2.75) is 20.8 Å². The fourth-order valence-electron chi connectivity index (χ4n) is 3.25. The molecule has 0 saturated carbocycles. The third kappa shape index (κ3) is 6.00. The number of amides is 2. The van der Waals surface area contributed by atoms with Crippen LogP contribution in [0.3, 0.4) is 0 Å². The maximum atomic E-state index is 12.4. The maximum Gasteiger partial charge on any atom is 0.362 e. The molecule has 0 unspecified atom stereocenters. The number of aromatic nitrogens is 2. The van der Waals surface area contributed by atoms with Gasteiger partial charge in [0.2, 0.25) is 5.69 Å². The van der Waals surface area contributed by atoms with E-state index in [4.69, 9.17) is 9.47 Å². The standard InChI is InChI=1S/C25H28N4O5/c1-4-28(5-2)24(31)18-12-14-19(15-13-18)26-22(30)17-34-21-16-29(20-10-8-7-9-11-20)27-23(21)25(32)33-6-3/h7-16H,4-6,17H2,1-3H3,(H,26,30). The molecule has 0 saturated heterocycles. The molecule has 178 valence electrons. The van der Waals surface area contributed by atoms with Crippen LogP contribution >= 0.6 is 0 Å². The highest BCUT2D eigenvalue weighted by molar-refractivity contribution is 5.96. The van der Waals surface area contributed by atoms with Crippen LogP contribution in [0.1, 0.15) is 41.6 Å². The summed E-state index contributed by atoms with van der Waals surface area (Å²) in [5.41, 5.74) is 1.78. The maximum absolute atomic E-state index is 12.4. The number of hydrogen-bond donors (Lipinski definition) is 1. The van der Waals surface area contributed by atoms with Gasteiger partial charge in [0.25, 0.3) is 11.8 Å². The third-order valence-electron chi connectivity index (χ3n) is 5.00. The van der Waals surface area contributed by atoms with Crippen LogP contribution in [0.2, 0.25) is 0 Å². The van der Waals surface area contributed by atoms with Crippen LogP contribution in [-0.4, -0.2) is 58.8 Å². The highest BCUT2D eigenvalue weighted by atomic mass is 16.5. The van der Waals surface area contributed by atoms with E-state index < -0.39 is 11.9 Å². The number of rotatable bonds is 10. The summed E-state index contributed by atoms with van der Waals surface area (Å²) in [6.45, 7) is 6.64. The molecule has 0 bridgehead atoms. The first-order chi connectivity index (χ1) is 16.5. The van der Waals surface area contributed by atoms with Gasteiger partial charge in [0.1, 0.15) is 0 Å². The van der Waals surface area contributed by atoms with E-state index in [1.54, 1.807) is 36.1 Å². The Morgan fingerprint density at radius 2 is 1.65 bits per heavy atom. The molecule has 0 aliphatic carbocycles. The molecule has 2 aromatic carbocycles. The molecule has 3 aromatic rings. The molecule has 3 rings (SSSR count). The van der Waals surface area contributed by atoms with Gasteiger partial charge in [-0.1, -0.05) is 18.2 Å². The lowest BCUT2D eigenvalue weighted by molar-refractivity contribution is -0.118. The van der Waals surface area contributed by atoms with Crippen LogP contribution in [0.5, 0.6) is 5.75 Å². The van der Waals surface area contributed by atoms with Gasteiger partial charge in [0.05, 0.1) is 18.5 Å². The van der Waals surface area contributed by atoms with Gasteiger partial charge in [0.15, 0.2) is 12.4 Å². The van der Waals surface area contributed by atoms with Gasteiger partial charge in [-0.2, -0.15) is 5.10 Å². The molecule has 34 heavy (non-hydrogen) atoms. The van der Waals surface area contributed by atoms with Crippen LogP contribution in [0.25, 0.3) is 5.69 Å². The second-order valence-corrected chi connectivity index (χ2v) is 7.23. The van der Waals surface area contributed by atoms with E-state index in [-0.39, 0.29) is 30.6 Å². The van der Waals surface area contributed by atoms with Gasteiger partial charge in [0, 0.05) is 24.3 Å². The third-order valence-corrected chi connectivity index (χ3v) is 5.00. The number of ether oxygens (including phenoxy) is 2. The number of para-hydroxylation sites is 1. The molecule has 0 spiro atoms. The van der Waals surface area contributed by atoms with Crippen molar-refractivity contribution in [3.63, 3.8) is 0 Å². The molecule has 0 atom stereocenters. The Balaban J connectivity index is 1.66. The van der Waals surface area contributed by atoms with Crippen molar-refractivity contribution in [1.82, 2.24) is 14.7 Å². The number of nitrogens with one attached hydrogen (secondary N) is 1. The zero-order valence-electron chi connectivity index (χ0n) is 19.5. The lowest BCUT2D eigenvalue weighted by Gasteiger charge is -2.18. The number of carbonyl (C=O) groups is 3. The lowest BCUT2D eigenvalue weighted by atomic mass is 10.2. The Bertz CT molecular complexity index is 1120. The van der Waals surface area contributed by atoms with Crippen molar-refractivity contribution in [3.05, 3.63) is 72.1 Å². The highest BCUT2D eigenvalue weighted by Crippen LogP contribution is 2.21. The van der Waals surface area contributed by atoms with E-state index in [1.807, 2.05) is 44.2 Å². The number of anilines is 1. The molecule has 2 amide bonds. The first-order valence-corrected chi connectivity index (χ1v) is 11.1. The van der Waals surface area contributed by atoms with Crippen molar-refractivity contribution in [2.24, 2.45) is 0 Å². The number of carbonyl (C=O) groups excluding carboxylic acids is 3. The molecule has 0 aliphatic heterocycles. The summed E-state index contributed by atoms with van der Waals surface area (Å²) >= 11 is 0. The molecule has 0 radical (unpaired) electrons. The molecule has 0 aliphatic rings. The SMILES string of the molecule is CCOC(=O)c1nn(-c2ccccc2)cc1OCC(=O)Nc1ccc(C(=O)N(CC)CC)cc1. The number of nitrogens with zero attached hydrogens (tertiary/aromatic N) is 3. The molecule has 0 fully saturated rings. The Morgan fingerprint density at radius 1 is 0.971 bits per heavy atom. The van der Waals surface area contributed by atoms with Crippen LogP contribution < -0.4 is 10.1 Å². The van der Waals surface area contributed by atoms with E-state index >= 15 is 0 Å². The van der Waals surface area contributed by atoms with E-state index in [0.29, 0.717) is 24.3 Å². The zero-order chi connectivity index (χ0) is 24.5. The summed E-state index contributed by atoms with van der Waals surface area (Å²) < 4.78 is 12.2. The summed E-state index contributed by atoms with van der Waals surface area (Å²) in [5, 5.41) is 6.98. The van der Waals surface area contributed by atoms with Crippen LogP contribution in [0.4, 0.5) is 5.69 Å². The molecule has 1 N–H and O–H groups in total. The van der Waals surface area contributed by atoms with Crippen molar-refractivity contribution in [1.29, 1.82) is 0 Å². The summed E-state index contributed by atoms with van der Waals surface area (Å²) in [5.74, 6) is -0.989. The number of benzene rings is 2. The first kappa shape index (κ1) is 24.5. The molecular formula is C25H28N4O5. The van der Waals surface area contributed by atoms with Gasteiger partial charge < -0.3 is 19.7 Å². The quantitative estimate of drug-likeness (QED) is 0.461. The molecule has 9 nitrogen and oxygen atoms in total. The summed E-state index contributed by atoms with van der Waals surface area (Å²) in [6.07, 6.45) is 1.53. The van der Waals surface area contributed by atoms with Crippen LogP contribution in [0.15, 0.2) is 60.8 Å². The van der Waals surface area contributed by atoms with E-state index in [1.165, 1.54) is 10.9 Å². The second kappa shape index (κ2) is 11.6. The first-order valence-electron chi connectivity index (χ1n) is 11.1. The van der Waals surface area contributed by atoms with Crippen molar-refractivity contribution >= 4 is 23.5 Å². The normalized spacial score (nSPS) is 10.4. The van der Waals surface area contributed by atoms with E-state index in [9.17, 15) is 14.4 Å². The van der Waals surface area contributed by atoms with Crippen LogP contribution in [0, 0.1) is 0 Å². The monoisotopic (exact) mass is 464 g/mol. The second-order valence-electron chi connectivity index (χ2n) is 7.23. The van der Waals surface area contributed by atoms with Gasteiger partial charge >= 0.3 is 5.97 Å². The number of esters is 1. The van der Waals surface area contributed by atoms with E-state index in [0.717, 1.165) is 5.69 Å². The van der Waals surface area contributed by atoms with Gasteiger partial charge in [-0.05, 0) is 57.2 Å². The Labute approximate surface area is 198 Å². The van der Waals surface area contributed by atoms with Crippen molar-refractivity contribution in [3.8, 4) is 11.4 Å². The summed E-state index contributed by atoms with van der Waals surface area (Å²) in [4.78, 5) is 38.9. The minimum Gasteiger partial charge on any atom is -0.480 e. The van der Waals surface area contributed by atoms with Gasteiger partial charge in [-0.25, -0.2) is 9.48 Å². The minimum absolute atomic E-state index is 0.0160. The smallest absolute Gasteiger partial charge is 0.362 e. The zero-order valence-corrected chi connectivity index (χ0v) is 19.5. The lowest BCUT2D eigenvalue weighted by Crippen LogP contribution is -2.30. The Kier molecular flexibility index (Phi) is 8.39. The fourth-order valence-corrected chi connectivity index (χ4v) is 3.25. The number of hydrogen-bond acceptors (Lipinski definition) is 6. The van der Waals surface area contributed by atoms with Gasteiger partial charge in [-0.3, -0.25) is 9.59 Å². The fraction of sp³-hybridized carbons (Fsp3) is 0.280. The Morgan fingerprint density at radius 3 is 2.26 bits per heavy atom. The van der Waals surface area contributed by atoms with Crippen molar-refractivity contribution in [2.75, 3.05) is 31.6 Å². The molecule has 1 aromatic heterocycles. The highest BCUT2D eigenvalue weighted by Gasteiger charge is 2.21. The molecule has 9 heteroatoms. The topological polar surface area (TPSA) is 103 Å². The van der Waals surface area contributed by atoms with Crippen molar-refractivity contribution < 1.29 is 23.9 Å². The van der Waals surface area contributed by atoms with Gasteiger partial charge in [-0.15, -0.1) is 0 Å². The van der Waals surface area contributed by atoms with E-state index in [2.05, 4.69) is 10.4 Å². The average Bonchev–Trinajstić information content (AvgIpc) is 3.29. The Hall–Kier alpha value is -4.14. The van der Waals surface area contributed by atoms with Crippen LogP contribution in [-0.2, 0) is 9.53 Å². The molecular weight excluding hydrogens is 436 g/mol. The molecule has 1 heterocycles.